The zero-order valence-corrected chi connectivity index (χ0v) is 19.4. The van der Waals surface area contributed by atoms with E-state index in [1.165, 1.54) is 25.9 Å². The molecule has 4 rings (SSSR count). The number of nitrogens with zero attached hydrogens (tertiary/aromatic N) is 2. The van der Waals surface area contributed by atoms with Crippen LogP contribution in [0, 0.1) is 11.8 Å². The number of morpholine rings is 1. The highest BCUT2D eigenvalue weighted by Gasteiger charge is 2.13. The molecule has 2 heterocycles. The quantitative estimate of drug-likeness (QED) is 0.504. The molecule has 1 N–H and O–H groups in total. The maximum Gasteiger partial charge on any atom is 0.161 e. The summed E-state index contributed by atoms with van der Waals surface area (Å²) in [5.41, 5.74) is 2.04. The van der Waals surface area contributed by atoms with Crippen molar-refractivity contribution in [3.05, 3.63) is 29.8 Å². The Bertz CT molecular complexity index is 954. The highest BCUT2D eigenvalue weighted by molar-refractivity contribution is 5.97. The van der Waals surface area contributed by atoms with Gasteiger partial charge in [0.15, 0.2) is 11.5 Å². The Hall–Kier alpha value is -2.46. The van der Waals surface area contributed by atoms with Crippen LogP contribution in [0.25, 0.3) is 10.8 Å². The predicted octanol–water partition coefficient (Wildman–Crippen LogP) is 3.44. The van der Waals surface area contributed by atoms with E-state index in [1.807, 2.05) is 7.05 Å². The predicted molar refractivity (Wildman–Crippen MR) is 130 cm³/mol. The Balaban J connectivity index is 1.48. The van der Waals surface area contributed by atoms with Crippen LogP contribution in [0.3, 0.4) is 0 Å². The summed E-state index contributed by atoms with van der Waals surface area (Å²) in [6.45, 7) is 8.50. The lowest BCUT2D eigenvalue weighted by atomic mass is 10.0. The van der Waals surface area contributed by atoms with Gasteiger partial charge in [0.2, 0.25) is 0 Å². The van der Waals surface area contributed by atoms with Crippen LogP contribution in [0.5, 0.6) is 11.5 Å². The van der Waals surface area contributed by atoms with Gasteiger partial charge in [-0.3, -0.25) is 4.90 Å². The van der Waals surface area contributed by atoms with Gasteiger partial charge in [0, 0.05) is 43.3 Å². The molecule has 0 unspecified atom stereocenters. The zero-order chi connectivity index (χ0) is 22.2. The summed E-state index contributed by atoms with van der Waals surface area (Å²) in [4.78, 5) is 4.84. The first kappa shape index (κ1) is 22.7. The average Bonchev–Trinajstić information content (AvgIpc) is 3.35. The number of fused-ring (bicyclic) bond motifs is 1. The van der Waals surface area contributed by atoms with E-state index in [-0.39, 0.29) is 0 Å². The molecule has 0 aromatic heterocycles. The zero-order valence-electron chi connectivity index (χ0n) is 19.4. The van der Waals surface area contributed by atoms with Crippen LogP contribution in [0.15, 0.2) is 24.3 Å². The minimum atomic E-state index is 0.691. The summed E-state index contributed by atoms with van der Waals surface area (Å²) in [5, 5.41) is 5.51. The first-order valence-electron chi connectivity index (χ1n) is 11.7. The van der Waals surface area contributed by atoms with Gasteiger partial charge in [0.1, 0.15) is 0 Å². The van der Waals surface area contributed by atoms with E-state index in [4.69, 9.17) is 14.2 Å². The highest BCUT2D eigenvalue weighted by Crippen LogP contribution is 2.36. The van der Waals surface area contributed by atoms with E-state index in [1.54, 1.807) is 7.11 Å². The second kappa shape index (κ2) is 11.4. The lowest BCUT2D eigenvalue weighted by Gasteiger charge is -2.24. The van der Waals surface area contributed by atoms with Crippen molar-refractivity contribution in [1.29, 1.82) is 0 Å². The Morgan fingerprint density at radius 2 is 1.81 bits per heavy atom. The molecule has 2 aliphatic rings. The molecule has 2 aliphatic heterocycles. The number of rotatable bonds is 8. The van der Waals surface area contributed by atoms with Crippen molar-refractivity contribution < 1.29 is 14.2 Å². The number of methoxy groups -OCH3 is 1. The molecule has 2 fully saturated rings. The summed E-state index contributed by atoms with van der Waals surface area (Å²) in [6.07, 6.45) is 3.67. The van der Waals surface area contributed by atoms with E-state index in [9.17, 15) is 0 Å². The van der Waals surface area contributed by atoms with E-state index in [0.29, 0.717) is 6.61 Å². The lowest BCUT2D eigenvalue weighted by Crippen LogP contribution is -2.36. The van der Waals surface area contributed by atoms with Crippen LogP contribution < -0.4 is 14.8 Å². The molecular weight excluding hydrogens is 402 g/mol. The monoisotopic (exact) mass is 437 g/mol. The van der Waals surface area contributed by atoms with E-state index < -0.39 is 0 Å². The Morgan fingerprint density at radius 1 is 1.00 bits per heavy atom. The standard InChI is InChI=1S/C26H35N3O3/c1-27-24-18-21(7-5-10-29-12-15-31-16-13-29)17-22-19-26(25(30-2)20-23(22)24)32-14-6-11-28-8-3-4-9-28/h17-20,27H,3-4,6,8-16H2,1-2H3. The third kappa shape index (κ3) is 5.86. The van der Waals surface area contributed by atoms with Gasteiger partial charge < -0.3 is 24.4 Å². The second-order valence-corrected chi connectivity index (χ2v) is 8.44. The fraction of sp³-hybridized carbons (Fsp3) is 0.538. The van der Waals surface area contributed by atoms with Gasteiger partial charge in [-0.05, 0) is 62.0 Å². The largest absolute Gasteiger partial charge is 0.493 e. The average molecular weight is 438 g/mol. The molecule has 6 nitrogen and oxygen atoms in total. The summed E-state index contributed by atoms with van der Waals surface area (Å²) < 4.78 is 17.2. The van der Waals surface area contributed by atoms with Crippen LogP contribution in [-0.2, 0) is 4.74 Å². The topological polar surface area (TPSA) is 46.2 Å². The van der Waals surface area contributed by atoms with Gasteiger partial charge in [0.05, 0.1) is 33.5 Å². The number of nitrogens with one attached hydrogen (secondary N) is 1. The molecule has 2 saturated heterocycles. The molecule has 0 radical (unpaired) electrons. The van der Waals surface area contributed by atoms with Crippen LogP contribution >= 0.6 is 0 Å². The van der Waals surface area contributed by atoms with Crippen molar-refractivity contribution in [3.63, 3.8) is 0 Å². The number of anilines is 1. The molecule has 0 aliphatic carbocycles. The molecule has 0 atom stereocenters. The summed E-state index contributed by atoms with van der Waals surface area (Å²) in [7, 11) is 3.64. The third-order valence-corrected chi connectivity index (χ3v) is 6.22. The van der Waals surface area contributed by atoms with Gasteiger partial charge >= 0.3 is 0 Å². The van der Waals surface area contributed by atoms with Crippen molar-refractivity contribution >= 4 is 16.5 Å². The molecule has 0 bridgehead atoms. The maximum absolute atomic E-state index is 6.14. The molecule has 0 amide bonds. The van der Waals surface area contributed by atoms with Gasteiger partial charge in [-0.15, -0.1) is 0 Å². The number of likely N-dealkylation sites (tertiary alicyclic amines) is 1. The Kier molecular flexibility index (Phi) is 8.11. The Labute approximate surface area is 191 Å². The first-order valence-corrected chi connectivity index (χ1v) is 11.7. The van der Waals surface area contributed by atoms with E-state index in [2.05, 4.69) is 51.2 Å². The minimum absolute atomic E-state index is 0.691. The van der Waals surface area contributed by atoms with Crippen LogP contribution in [0.2, 0.25) is 0 Å². The van der Waals surface area contributed by atoms with Crippen molar-refractivity contribution in [1.82, 2.24) is 9.80 Å². The molecule has 32 heavy (non-hydrogen) atoms. The minimum Gasteiger partial charge on any atom is -0.493 e. The number of ether oxygens (including phenoxy) is 3. The van der Waals surface area contributed by atoms with Crippen molar-refractivity contribution in [2.75, 3.05) is 78.6 Å². The molecule has 172 valence electrons. The van der Waals surface area contributed by atoms with Crippen LogP contribution in [0.1, 0.15) is 24.8 Å². The number of benzene rings is 2. The van der Waals surface area contributed by atoms with Crippen molar-refractivity contribution in [3.8, 4) is 23.3 Å². The van der Waals surface area contributed by atoms with E-state index in [0.717, 1.165) is 79.3 Å². The van der Waals surface area contributed by atoms with Gasteiger partial charge in [0.25, 0.3) is 0 Å². The van der Waals surface area contributed by atoms with Gasteiger partial charge in [-0.1, -0.05) is 11.8 Å². The van der Waals surface area contributed by atoms with Gasteiger partial charge in [-0.2, -0.15) is 0 Å². The molecule has 0 saturated carbocycles. The van der Waals surface area contributed by atoms with Gasteiger partial charge in [-0.25, -0.2) is 0 Å². The third-order valence-electron chi connectivity index (χ3n) is 6.22. The molecule has 6 heteroatoms. The fourth-order valence-electron chi connectivity index (χ4n) is 4.41. The number of hydrogen-bond donors (Lipinski definition) is 1. The lowest BCUT2D eigenvalue weighted by molar-refractivity contribution is 0.0443. The summed E-state index contributed by atoms with van der Waals surface area (Å²) in [5.74, 6) is 8.22. The molecule has 2 aromatic rings. The fourth-order valence-corrected chi connectivity index (χ4v) is 4.41. The summed E-state index contributed by atoms with van der Waals surface area (Å²) in [6, 6.07) is 8.38. The van der Waals surface area contributed by atoms with Crippen LogP contribution in [-0.4, -0.2) is 83.0 Å². The van der Waals surface area contributed by atoms with Crippen molar-refractivity contribution in [2.45, 2.75) is 19.3 Å². The maximum atomic E-state index is 6.14. The molecular formula is C26H35N3O3. The first-order chi connectivity index (χ1) is 15.8. The molecule has 2 aromatic carbocycles. The van der Waals surface area contributed by atoms with Crippen LogP contribution in [0.4, 0.5) is 5.69 Å². The van der Waals surface area contributed by atoms with Crippen molar-refractivity contribution in [2.24, 2.45) is 0 Å². The normalized spacial score (nSPS) is 17.2. The number of hydrogen-bond acceptors (Lipinski definition) is 6. The molecule has 0 spiro atoms. The Morgan fingerprint density at radius 3 is 2.56 bits per heavy atom. The smallest absolute Gasteiger partial charge is 0.161 e. The highest BCUT2D eigenvalue weighted by atomic mass is 16.5. The second-order valence-electron chi connectivity index (χ2n) is 8.44. The summed E-state index contributed by atoms with van der Waals surface area (Å²) >= 11 is 0. The SMILES string of the molecule is CNc1cc(C#CCN2CCOCC2)cc2cc(OCCCN3CCCC3)c(OC)cc12. The van der Waals surface area contributed by atoms with E-state index >= 15 is 0 Å².